The molecule has 0 saturated heterocycles. The largest absolute Gasteiger partial charge is 0.462 e. The average Bonchev–Trinajstić information content (AvgIpc) is 2.76. The molecule has 6 heteroatoms. The van der Waals surface area contributed by atoms with E-state index in [4.69, 9.17) is 10.5 Å². The van der Waals surface area contributed by atoms with Gasteiger partial charge in [-0.3, -0.25) is 0 Å². The summed E-state index contributed by atoms with van der Waals surface area (Å²) in [5.74, 6) is -1.85. The standard InChI is InChI=1S/C15H15F2NO2S/c1-3-9-12(18)14(15(19)20-4-2)21-13(9)10-6-5-8(16)7-11(10)17/h5-7H,3-4,18H2,1-2H3. The third-order valence-electron chi connectivity index (χ3n) is 3.04. The summed E-state index contributed by atoms with van der Waals surface area (Å²) >= 11 is 1.07. The summed E-state index contributed by atoms with van der Waals surface area (Å²) in [6, 6.07) is 3.34. The first kappa shape index (κ1) is 15.4. The van der Waals surface area contributed by atoms with E-state index in [0.29, 0.717) is 22.5 Å². The third kappa shape index (κ3) is 2.90. The molecule has 1 aromatic heterocycles. The summed E-state index contributed by atoms with van der Waals surface area (Å²) in [7, 11) is 0. The minimum absolute atomic E-state index is 0.234. The summed E-state index contributed by atoms with van der Waals surface area (Å²) in [6.07, 6.45) is 0.536. The van der Waals surface area contributed by atoms with Gasteiger partial charge in [0.25, 0.3) is 0 Å². The van der Waals surface area contributed by atoms with Crippen LogP contribution in [0.4, 0.5) is 14.5 Å². The van der Waals surface area contributed by atoms with Gasteiger partial charge in [-0.25, -0.2) is 13.6 Å². The Hall–Kier alpha value is -1.95. The van der Waals surface area contributed by atoms with E-state index in [9.17, 15) is 13.6 Å². The number of thiophene rings is 1. The van der Waals surface area contributed by atoms with Gasteiger partial charge in [0.05, 0.1) is 12.3 Å². The second-order valence-electron chi connectivity index (χ2n) is 4.35. The Balaban J connectivity index is 2.58. The Bertz CT molecular complexity index is 683. The molecule has 0 bridgehead atoms. The van der Waals surface area contributed by atoms with Gasteiger partial charge in [0.2, 0.25) is 0 Å². The van der Waals surface area contributed by atoms with E-state index in [1.54, 1.807) is 6.92 Å². The van der Waals surface area contributed by atoms with Crippen LogP contribution in [0.5, 0.6) is 0 Å². The van der Waals surface area contributed by atoms with Crippen LogP contribution in [-0.2, 0) is 11.2 Å². The molecule has 3 nitrogen and oxygen atoms in total. The van der Waals surface area contributed by atoms with E-state index in [1.807, 2.05) is 6.92 Å². The van der Waals surface area contributed by atoms with Gasteiger partial charge in [-0.2, -0.15) is 0 Å². The zero-order chi connectivity index (χ0) is 15.6. The van der Waals surface area contributed by atoms with Crippen molar-refractivity contribution < 1.29 is 18.3 Å². The molecule has 0 radical (unpaired) electrons. The molecule has 0 aliphatic heterocycles. The molecule has 0 unspecified atom stereocenters. The lowest BCUT2D eigenvalue weighted by Gasteiger charge is -2.04. The lowest BCUT2D eigenvalue weighted by Crippen LogP contribution is -2.05. The molecule has 2 aromatic rings. The van der Waals surface area contributed by atoms with Gasteiger partial charge in [-0.15, -0.1) is 11.3 Å². The number of benzene rings is 1. The molecule has 2 rings (SSSR count). The fourth-order valence-corrected chi connectivity index (χ4v) is 3.30. The molecule has 21 heavy (non-hydrogen) atoms. The van der Waals surface area contributed by atoms with Gasteiger partial charge >= 0.3 is 5.97 Å². The smallest absolute Gasteiger partial charge is 0.350 e. The topological polar surface area (TPSA) is 52.3 Å². The molecule has 1 heterocycles. The zero-order valence-electron chi connectivity index (χ0n) is 11.7. The van der Waals surface area contributed by atoms with Crippen molar-refractivity contribution in [3.63, 3.8) is 0 Å². The molecule has 0 atom stereocenters. The van der Waals surface area contributed by atoms with Crippen LogP contribution in [0.15, 0.2) is 18.2 Å². The molecule has 0 aliphatic carbocycles. The summed E-state index contributed by atoms with van der Waals surface area (Å²) < 4.78 is 31.9. The van der Waals surface area contributed by atoms with Crippen LogP contribution >= 0.6 is 11.3 Å². The van der Waals surface area contributed by atoms with Crippen molar-refractivity contribution in [2.24, 2.45) is 0 Å². The summed E-state index contributed by atoms with van der Waals surface area (Å²) in [5, 5.41) is 0. The Morgan fingerprint density at radius 1 is 1.33 bits per heavy atom. The van der Waals surface area contributed by atoms with Crippen LogP contribution in [0.3, 0.4) is 0 Å². The van der Waals surface area contributed by atoms with Crippen molar-refractivity contribution in [3.05, 3.63) is 40.3 Å². The number of hydrogen-bond acceptors (Lipinski definition) is 4. The van der Waals surface area contributed by atoms with Crippen LogP contribution in [0.1, 0.15) is 29.1 Å². The predicted molar refractivity (Wildman–Crippen MR) is 79.4 cm³/mol. The maximum Gasteiger partial charge on any atom is 0.350 e. The number of ether oxygens (including phenoxy) is 1. The first-order valence-electron chi connectivity index (χ1n) is 6.53. The van der Waals surface area contributed by atoms with E-state index in [0.717, 1.165) is 17.4 Å². The van der Waals surface area contributed by atoms with Gasteiger partial charge in [0, 0.05) is 16.5 Å². The quantitative estimate of drug-likeness (QED) is 0.868. The van der Waals surface area contributed by atoms with Crippen molar-refractivity contribution >= 4 is 23.0 Å². The number of hydrogen-bond donors (Lipinski definition) is 1. The highest BCUT2D eigenvalue weighted by molar-refractivity contribution is 7.18. The Labute approximate surface area is 125 Å². The average molecular weight is 311 g/mol. The van der Waals surface area contributed by atoms with Crippen molar-refractivity contribution in [1.29, 1.82) is 0 Å². The molecule has 0 spiro atoms. The number of nitrogen functional groups attached to an aromatic ring is 1. The van der Waals surface area contributed by atoms with Crippen LogP contribution in [0, 0.1) is 11.6 Å². The van der Waals surface area contributed by atoms with E-state index < -0.39 is 17.6 Å². The fourth-order valence-electron chi connectivity index (χ4n) is 2.07. The molecule has 2 N–H and O–H groups in total. The number of anilines is 1. The van der Waals surface area contributed by atoms with Gasteiger partial charge < -0.3 is 10.5 Å². The molecule has 112 valence electrons. The summed E-state index contributed by atoms with van der Waals surface area (Å²) in [5.41, 5.74) is 7.19. The first-order chi connectivity index (χ1) is 9.99. The monoisotopic (exact) mass is 311 g/mol. The first-order valence-corrected chi connectivity index (χ1v) is 7.34. The number of carbonyl (C=O) groups excluding carboxylic acids is 1. The Morgan fingerprint density at radius 3 is 2.62 bits per heavy atom. The molecular formula is C15H15F2NO2S. The zero-order valence-corrected chi connectivity index (χ0v) is 12.5. The Morgan fingerprint density at radius 2 is 2.05 bits per heavy atom. The van der Waals surface area contributed by atoms with Gasteiger partial charge in [-0.1, -0.05) is 6.92 Å². The van der Waals surface area contributed by atoms with E-state index in [-0.39, 0.29) is 17.0 Å². The van der Waals surface area contributed by atoms with E-state index >= 15 is 0 Å². The van der Waals surface area contributed by atoms with Gasteiger partial charge in [-0.05, 0) is 31.0 Å². The maximum absolute atomic E-state index is 14.0. The second kappa shape index (κ2) is 6.22. The highest BCUT2D eigenvalue weighted by Crippen LogP contribution is 2.40. The van der Waals surface area contributed by atoms with Crippen molar-refractivity contribution in [3.8, 4) is 10.4 Å². The molecule has 1 aromatic carbocycles. The van der Waals surface area contributed by atoms with E-state index in [1.165, 1.54) is 12.1 Å². The number of esters is 1. The molecule has 0 aliphatic rings. The normalized spacial score (nSPS) is 10.7. The number of halogens is 2. The highest BCUT2D eigenvalue weighted by Gasteiger charge is 2.23. The Kier molecular flexibility index (Phi) is 4.57. The lowest BCUT2D eigenvalue weighted by atomic mass is 10.1. The van der Waals surface area contributed by atoms with Crippen LogP contribution in [0.25, 0.3) is 10.4 Å². The van der Waals surface area contributed by atoms with E-state index in [2.05, 4.69) is 0 Å². The van der Waals surface area contributed by atoms with Gasteiger partial charge in [0.15, 0.2) is 0 Å². The van der Waals surface area contributed by atoms with Crippen LogP contribution in [0.2, 0.25) is 0 Å². The van der Waals surface area contributed by atoms with Crippen LogP contribution in [-0.4, -0.2) is 12.6 Å². The third-order valence-corrected chi connectivity index (χ3v) is 4.30. The second-order valence-corrected chi connectivity index (χ2v) is 5.37. The lowest BCUT2D eigenvalue weighted by molar-refractivity contribution is 0.0533. The SMILES string of the molecule is CCOC(=O)c1sc(-c2ccc(F)cc2F)c(CC)c1N. The number of rotatable bonds is 4. The maximum atomic E-state index is 14.0. The molecule has 0 amide bonds. The van der Waals surface area contributed by atoms with Crippen molar-refractivity contribution in [1.82, 2.24) is 0 Å². The minimum Gasteiger partial charge on any atom is -0.462 e. The molecule has 0 saturated carbocycles. The minimum atomic E-state index is -0.679. The summed E-state index contributed by atoms with van der Waals surface area (Å²) in [6.45, 7) is 3.79. The fraction of sp³-hybridized carbons (Fsp3) is 0.267. The molecule has 0 fully saturated rings. The van der Waals surface area contributed by atoms with Crippen LogP contribution < -0.4 is 5.73 Å². The summed E-state index contributed by atoms with van der Waals surface area (Å²) in [4.78, 5) is 12.7. The van der Waals surface area contributed by atoms with Crippen molar-refractivity contribution in [2.45, 2.75) is 20.3 Å². The molecular weight excluding hydrogens is 296 g/mol. The number of nitrogens with two attached hydrogens (primary N) is 1. The van der Waals surface area contributed by atoms with Gasteiger partial charge in [0.1, 0.15) is 16.5 Å². The number of carbonyl (C=O) groups is 1. The van der Waals surface area contributed by atoms with Crippen molar-refractivity contribution in [2.75, 3.05) is 12.3 Å². The highest BCUT2D eigenvalue weighted by atomic mass is 32.1. The predicted octanol–water partition coefficient (Wildman–Crippen LogP) is 4.01.